The van der Waals surface area contributed by atoms with Crippen LogP contribution in [-0.4, -0.2) is 58.2 Å². The van der Waals surface area contributed by atoms with Crippen LogP contribution in [0.4, 0.5) is 5.69 Å². The van der Waals surface area contributed by atoms with Gasteiger partial charge in [-0.2, -0.15) is 10.3 Å². The summed E-state index contributed by atoms with van der Waals surface area (Å²) in [4.78, 5) is 43.1. The van der Waals surface area contributed by atoms with Gasteiger partial charge in [0.1, 0.15) is 17.3 Å². The van der Waals surface area contributed by atoms with E-state index in [4.69, 9.17) is 10.5 Å². The minimum atomic E-state index is -0.257. The maximum atomic E-state index is 13.2. The fraction of sp³-hybridized carbons (Fsp3) is 0.257. The first kappa shape index (κ1) is 33.1. The molecule has 11 nitrogen and oxygen atoms in total. The molecule has 1 aliphatic rings. The van der Waals surface area contributed by atoms with Gasteiger partial charge in [-0.1, -0.05) is 30.4 Å². The molecule has 2 aromatic heterocycles. The second kappa shape index (κ2) is 14.8. The fourth-order valence-corrected chi connectivity index (χ4v) is 4.80. The number of aryl methyl sites for hydroxylation is 2. The molecule has 4 N–H and O–H groups in total. The molecular formula is C35H38N8O3. The predicted molar refractivity (Wildman–Crippen MR) is 180 cm³/mol. The number of hydrogen-bond acceptors (Lipinski definition) is 7. The summed E-state index contributed by atoms with van der Waals surface area (Å²) in [7, 11) is 3.26. The molecule has 1 aromatic carbocycles. The standard InChI is InChI=1S/C35H38N8O3/c1-7-8-24(17-36)15-21(2)20-43(5)35(45)28-14-12-26(19-38-28)31-22(3)9-13-27(32(31)46-6)41-29(33-39-18-23(4)40-33)16-30(37)42-34(44)25-10-11-25/h7-9,12-16,18-19,25,41H,1,10-11,20H2,2-6H3,(H,39,40)(H2,37,42,44)/b21-15+,24-8+,29-16+. The van der Waals surface area contributed by atoms with Crippen LogP contribution in [0, 0.1) is 31.1 Å². The SMILES string of the molecule is C=C/C=C(C#N)\C=C(/C)CN(C)C(=O)c1ccc(-c2c(C)ccc(N/C(=C/C(N)=NC(=O)C3CC3)c3ncc(C)[nH]3)c2OC)cn1. The zero-order valence-corrected chi connectivity index (χ0v) is 26.7. The number of carbonyl (C=O) groups excluding carboxylic acids is 2. The summed E-state index contributed by atoms with van der Waals surface area (Å²) >= 11 is 0. The van der Waals surface area contributed by atoms with Crippen molar-refractivity contribution < 1.29 is 14.3 Å². The Morgan fingerprint density at radius 3 is 2.57 bits per heavy atom. The number of amides is 2. The first-order valence-corrected chi connectivity index (χ1v) is 14.7. The molecule has 0 bridgehead atoms. The number of allylic oxidation sites excluding steroid dienone is 4. The molecule has 1 saturated carbocycles. The number of nitriles is 1. The van der Waals surface area contributed by atoms with Gasteiger partial charge in [-0.15, -0.1) is 0 Å². The number of carbonyl (C=O) groups is 2. The monoisotopic (exact) mass is 618 g/mol. The largest absolute Gasteiger partial charge is 0.494 e. The number of aliphatic imine (C=N–C) groups is 1. The van der Waals surface area contributed by atoms with E-state index in [0.29, 0.717) is 35.1 Å². The van der Waals surface area contributed by atoms with E-state index in [1.54, 1.807) is 61.8 Å². The van der Waals surface area contributed by atoms with Gasteiger partial charge in [0.25, 0.3) is 11.8 Å². The zero-order valence-electron chi connectivity index (χ0n) is 26.7. The van der Waals surface area contributed by atoms with Crippen molar-refractivity contribution in [3.05, 3.63) is 101 Å². The number of hydrogen-bond donors (Lipinski definition) is 3. The van der Waals surface area contributed by atoms with Gasteiger partial charge < -0.3 is 25.7 Å². The van der Waals surface area contributed by atoms with E-state index in [-0.39, 0.29) is 29.3 Å². The van der Waals surface area contributed by atoms with Gasteiger partial charge in [-0.3, -0.25) is 14.6 Å². The van der Waals surface area contributed by atoms with Crippen LogP contribution >= 0.6 is 0 Å². The molecule has 0 saturated heterocycles. The molecule has 2 amide bonds. The average molecular weight is 619 g/mol. The maximum Gasteiger partial charge on any atom is 0.272 e. The number of nitrogens with two attached hydrogens (primary N) is 1. The zero-order chi connectivity index (χ0) is 33.4. The number of methoxy groups -OCH3 is 1. The van der Waals surface area contributed by atoms with Crippen LogP contribution in [0.2, 0.25) is 0 Å². The van der Waals surface area contributed by atoms with Crippen LogP contribution in [-0.2, 0) is 4.79 Å². The van der Waals surface area contributed by atoms with E-state index in [1.807, 2.05) is 39.0 Å². The van der Waals surface area contributed by atoms with Crippen molar-refractivity contribution in [3.63, 3.8) is 0 Å². The van der Waals surface area contributed by atoms with E-state index >= 15 is 0 Å². The highest BCUT2D eigenvalue weighted by atomic mass is 16.5. The second-order valence-electron chi connectivity index (χ2n) is 11.1. The summed E-state index contributed by atoms with van der Waals surface area (Å²) in [5.74, 6) is 0.593. The van der Waals surface area contributed by atoms with Gasteiger partial charge in [-0.05, 0) is 63.5 Å². The molecule has 4 rings (SSSR count). The number of ether oxygens (including phenoxy) is 1. The number of nitrogens with zero attached hydrogens (tertiary/aromatic N) is 5. The highest BCUT2D eigenvalue weighted by molar-refractivity contribution is 6.05. The number of aromatic amines is 1. The van der Waals surface area contributed by atoms with Crippen LogP contribution in [0.1, 0.15) is 47.3 Å². The van der Waals surface area contributed by atoms with E-state index in [0.717, 1.165) is 40.8 Å². The van der Waals surface area contributed by atoms with E-state index in [1.165, 1.54) is 0 Å². The quantitative estimate of drug-likeness (QED) is 0.104. The third-order valence-electron chi connectivity index (χ3n) is 7.19. The van der Waals surface area contributed by atoms with Gasteiger partial charge in [-0.25, -0.2) is 4.98 Å². The number of imidazole rings is 1. The van der Waals surface area contributed by atoms with Crippen molar-refractivity contribution in [2.45, 2.75) is 33.6 Å². The molecule has 46 heavy (non-hydrogen) atoms. The van der Waals surface area contributed by atoms with Crippen molar-refractivity contribution in [1.82, 2.24) is 19.9 Å². The molecule has 0 atom stereocenters. The normalized spacial score (nSPS) is 14.0. The Hall–Kier alpha value is -5.76. The molecule has 0 aliphatic heterocycles. The topological polar surface area (TPSA) is 162 Å². The predicted octanol–water partition coefficient (Wildman–Crippen LogP) is 5.50. The number of rotatable bonds is 12. The Morgan fingerprint density at radius 2 is 1.98 bits per heavy atom. The minimum Gasteiger partial charge on any atom is -0.494 e. The lowest BCUT2D eigenvalue weighted by Gasteiger charge is -2.19. The first-order chi connectivity index (χ1) is 22.0. The third-order valence-corrected chi connectivity index (χ3v) is 7.19. The van der Waals surface area contributed by atoms with Crippen LogP contribution in [0.5, 0.6) is 5.75 Å². The second-order valence-corrected chi connectivity index (χ2v) is 11.1. The molecule has 0 unspecified atom stereocenters. The lowest BCUT2D eigenvalue weighted by molar-refractivity contribution is -0.118. The molecule has 0 radical (unpaired) electrons. The Balaban J connectivity index is 1.62. The number of amidine groups is 1. The summed E-state index contributed by atoms with van der Waals surface area (Å²) in [5.41, 5.74) is 12.2. The average Bonchev–Trinajstić information content (AvgIpc) is 3.80. The highest BCUT2D eigenvalue weighted by Gasteiger charge is 2.29. The van der Waals surface area contributed by atoms with Crippen LogP contribution < -0.4 is 15.8 Å². The molecule has 236 valence electrons. The number of pyridine rings is 1. The first-order valence-electron chi connectivity index (χ1n) is 14.7. The number of H-pyrrole nitrogens is 1. The molecule has 1 aliphatic carbocycles. The molecule has 1 fully saturated rings. The van der Waals surface area contributed by atoms with Gasteiger partial charge >= 0.3 is 0 Å². The molecule has 3 aromatic rings. The van der Waals surface area contributed by atoms with Crippen molar-refractivity contribution in [2.24, 2.45) is 16.6 Å². The summed E-state index contributed by atoms with van der Waals surface area (Å²) in [6, 6.07) is 9.42. The molecular weight excluding hydrogens is 580 g/mol. The fourth-order valence-electron chi connectivity index (χ4n) is 4.80. The van der Waals surface area contributed by atoms with Crippen molar-refractivity contribution >= 4 is 29.0 Å². The summed E-state index contributed by atoms with van der Waals surface area (Å²) in [6.07, 6.45) is 11.5. The summed E-state index contributed by atoms with van der Waals surface area (Å²) in [6.45, 7) is 9.64. The number of nitrogens with one attached hydrogen (secondary N) is 2. The van der Waals surface area contributed by atoms with Gasteiger partial charge in [0.15, 0.2) is 5.82 Å². The van der Waals surface area contributed by atoms with Crippen LogP contribution in [0.3, 0.4) is 0 Å². The van der Waals surface area contributed by atoms with E-state index in [2.05, 4.69) is 37.9 Å². The highest BCUT2D eigenvalue weighted by Crippen LogP contribution is 2.40. The third kappa shape index (κ3) is 8.24. The Labute approximate surface area is 268 Å². The smallest absolute Gasteiger partial charge is 0.272 e. The Bertz CT molecular complexity index is 1800. The lowest BCUT2D eigenvalue weighted by Crippen LogP contribution is -2.29. The number of anilines is 1. The van der Waals surface area contributed by atoms with Crippen molar-refractivity contribution in [2.75, 3.05) is 26.0 Å². The Morgan fingerprint density at radius 1 is 1.22 bits per heavy atom. The van der Waals surface area contributed by atoms with Crippen LogP contribution in [0.25, 0.3) is 16.8 Å². The van der Waals surface area contributed by atoms with Gasteiger partial charge in [0.2, 0.25) is 0 Å². The van der Waals surface area contributed by atoms with Crippen molar-refractivity contribution in [1.29, 1.82) is 5.26 Å². The molecule has 2 heterocycles. The number of benzene rings is 1. The van der Waals surface area contributed by atoms with E-state index in [9.17, 15) is 14.9 Å². The van der Waals surface area contributed by atoms with Crippen LogP contribution in [0.15, 0.2) is 83.7 Å². The number of likely N-dealkylation sites (N-methyl/N-ethyl adjacent to an activating group) is 1. The van der Waals surface area contributed by atoms with Gasteiger partial charge in [0, 0.05) is 54.8 Å². The Kier molecular flexibility index (Phi) is 10.7. The lowest BCUT2D eigenvalue weighted by atomic mass is 9.99. The number of aromatic nitrogens is 3. The molecule has 11 heteroatoms. The minimum absolute atomic E-state index is 0.0481. The maximum absolute atomic E-state index is 13.2. The molecule has 0 spiro atoms. The summed E-state index contributed by atoms with van der Waals surface area (Å²) in [5, 5.41) is 12.6. The summed E-state index contributed by atoms with van der Waals surface area (Å²) < 4.78 is 5.90. The van der Waals surface area contributed by atoms with E-state index < -0.39 is 0 Å². The van der Waals surface area contributed by atoms with Gasteiger partial charge in [0.05, 0.1) is 30.1 Å². The van der Waals surface area contributed by atoms with Crippen molar-refractivity contribution in [3.8, 4) is 22.9 Å².